The topological polar surface area (TPSA) is 64.9 Å². The Morgan fingerprint density at radius 2 is 2.42 bits per heavy atom. The Hall–Kier alpha value is -1.07. The highest BCUT2D eigenvalue weighted by atomic mass is 35.5. The molecule has 2 rings (SSSR count). The molecule has 0 bridgehead atoms. The molecule has 2 aromatic heterocycles. The molecule has 62 valence electrons. The quantitative estimate of drug-likeness (QED) is 0.767. The average molecular weight is 202 g/mol. The van der Waals surface area contributed by atoms with Crippen LogP contribution in [-0.2, 0) is 0 Å². The van der Waals surface area contributed by atoms with Crippen LogP contribution in [0.25, 0.3) is 11.5 Å². The van der Waals surface area contributed by atoms with Crippen LogP contribution in [0.4, 0.5) is 5.13 Å². The largest absolute Gasteiger partial charge is 0.375 e. The van der Waals surface area contributed by atoms with Gasteiger partial charge in [0, 0.05) is 11.4 Å². The molecule has 0 amide bonds. The second-order valence-corrected chi connectivity index (χ2v) is 3.36. The van der Waals surface area contributed by atoms with E-state index in [0.29, 0.717) is 21.7 Å². The van der Waals surface area contributed by atoms with Gasteiger partial charge in [-0.05, 0) is 0 Å². The van der Waals surface area contributed by atoms with E-state index in [1.54, 1.807) is 11.4 Å². The fourth-order valence-electron chi connectivity index (χ4n) is 0.775. The zero-order chi connectivity index (χ0) is 8.55. The number of nitrogens with zero attached hydrogens (tertiary/aromatic N) is 2. The molecule has 6 heteroatoms. The third-order valence-electron chi connectivity index (χ3n) is 1.26. The Bertz CT molecular complexity index is 359. The number of hydrogen-bond donors (Lipinski definition) is 1. The molecule has 0 spiro atoms. The van der Waals surface area contributed by atoms with Crippen LogP contribution < -0.4 is 5.73 Å². The van der Waals surface area contributed by atoms with Crippen LogP contribution in [0.5, 0.6) is 0 Å². The summed E-state index contributed by atoms with van der Waals surface area (Å²) in [6, 6.07) is 1.59. The SMILES string of the molecule is Nc1nc(-c2cc(Cl)no2)cs1. The van der Waals surface area contributed by atoms with E-state index in [1.807, 2.05) is 0 Å². The fourth-order valence-corrected chi connectivity index (χ4v) is 1.46. The van der Waals surface area contributed by atoms with E-state index in [9.17, 15) is 0 Å². The minimum atomic E-state index is 0.316. The molecule has 0 radical (unpaired) electrons. The Morgan fingerprint density at radius 3 is 2.92 bits per heavy atom. The Morgan fingerprint density at radius 1 is 1.58 bits per heavy atom. The first-order chi connectivity index (χ1) is 5.75. The van der Waals surface area contributed by atoms with Crippen LogP contribution in [0.3, 0.4) is 0 Å². The molecule has 0 atom stereocenters. The van der Waals surface area contributed by atoms with Crippen LogP contribution in [0.15, 0.2) is 16.0 Å². The monoisotopic (exact) mass is 201 g/mol. The second-order valence-electron chi connectivity index (χ2n) is 2.08. The van der Waals surface area contributed by atoms with Crippen molar-refractivity contribution < 1.29 is 4.52 Å². The number of halogens is 1. The highest BCUT2D eigenvalue weighted by molar-refractivity contribution is 7.13. The lowest BCUT2D eigenvalue weighted by Gasteiger charge is -1.82. The summed E-state index contributed by atoms with van der Waals surface area (Å²) >= 11 is 6.90. The molecule has 4 nitrogen and oxygen atoms in total. The molecule has 12 heavy (non-hydrogen) atoms. The third kappa shape index (κ3) is 1.28. The zero-order valence-electron chi connectivity index (χ0n) is 5.82. The van der Waals surface area contributed by atoms with Crippen LogP contribution in [0, 0.1) is 0 Å². The standard InChI is InChI=1S/C6H4ClN3OS/c7-5-1-4(11-10-5)3-2-12-6(8)9-3/h1-2H,(H2,8,9). The average Bonchev–Trinajstić information content (AvgIpc) is 2.58. The van der Waals surface area contributed by atoms with E-state index < -0.39 is 0 Å². The van der Waals surface area contributed by atoms with Crippen molar-refractivity contribution >= 4 is 28.1 Å². The molecule has 2 aromatic rings. The molecule has 0 aliphatic heterocycles. The predicted molar refractivity (Wildman–Crippen MR) is 47.0 cm³/mol. The van der Waals surface area contributed by atoms with Gasteiger partial charge in [-0.2, -0.15) is 0 Å². The molecule has 2 N–H and O–H groups in total. The number of anilines is 1. The van der Waals surface area contributed by atoms with Gasteiger partial charge in [0.1, 0.15) is 5.69 Å². The molecule has 0 aromatic carbocycles. The number of nitrogen functional groups attached to an aromatic ring is 1. The van der Waals surface area contributed by atoms with Crippen LogP contribution >= 0.6 is 22.9 Å². The Kier molecular flexibility index (Phi) is 1.74. The van der Waals surface area contributed by atoms with Gasteiger partial charge in [0.2, 0.25) is 0 Å². The third-order valence-corrected chi connectivity index (χ3v) is 2.11. The van der Waals surface area contributed by atoms with Gasteiger partial charge in [0.15, 0.2) is 16.0 Å². The van der Waals surface area contributed by atoms with E-state index in [-0.39, 0.29) is 0 Å². The first kappa shape index (κ1) is 7.57. The van der Waals surface area contributed by atoms with Crippen molar-refractivity contribution in [3.63, 3.8) is 0 Å². The lowest BCUT2D eigenvalue weighted by Crippen LogP contribution is -1.81. The van der Waals surface area contributed by atoms with Gasteiger partial charge in [-0.15, -0.1) is 11.3 Å². The lowest BCUT2D eigenvalue weighted by atomic mass is 10.4. The summed E-state index contributed by atoms with van der Waals surface area (Å²) in [4.78, 5) is 4.00. The number of hydrogen-bond acceptors (Lipinski definition) is 5. The number of aromatic nitrogens is 2. The smallest absolute Gasteiger partial charge is 0.187 e. The number of nitrogens with two attached hydrogens (primary N) is 1. The van der Waals surface area contributed by atoms with Crippen LogP contribution in [-0.4, -0.2) is 10.1 Å². The molecule has 2 heterocycles. The van der Waals surface area contributed by atoms with E-state index in [2.05, 4.69) is 10.1 Å². The number of rotatable bonds is 1. The van der Waals surface area contributed by atoms with Crippen molar-refractivity contribution in [2.24, 2.45) is 0 Å². The highest BCUT2D eigenvalue weighted by Crippen LogP contribution is 2.24. The molecule has 0 aliphatic carbocycles. The second kappa shape index (κ2) is 2.76. The van der Waals surface area contributed by atoms with Crippen molar-refractivity contribution in [3.8, 4) is 11.5 Å². The van der Waals surface area contributed by atoms with E-state index in [0.717, 1.165) is 0 Å². The van der Waals surface area contributed by atoms with Crippen molar-refractivity contribution in [3.05, 3.63) is 16.6 Å². The van der Waals surface area contributed by atoms with Gasteiger partial charge in [-0.3, -0.25) is 0 Å². The first-order valence-corrected chi connectivity index (χ1v) is 4.35. The summed E-state index contributed by atoms with van der Waals surface area (Å²) < 4.78 is 4.87. The summed E-state index contributed by atoms with van der Waals surface area (Å²) in [6.07, 6.45) is 0. The van der Waals surface area contributed by atoms with Crippen molar-refractivity contribution in [2.45, 2.75) is 0 Å². The fraction of sp³-hybridized carbons (Fsp3) is 0. The van der Waals surface area contributed by atoms with E-state index in [1.165, 1.54) is 11.3 Å². The van der Waals surface area contributed by atoms with Gasteiger partial charge in [0.25, 0.3) is 0 Å². The molecule has 0 saturated heterocycles. The summed E-state index contributed by atoms with van der Waals surface area (Å²) in [5.74, 6) is 0.535. The molecule has 0 saturated carbocycles. The van der Waals surface area contributed by atoms with Crippen LogP contribution in [0.1, 0.15) is 0 Å². The lowest BCUT2D eigenvalue weighted by molar-refractivity contribution is 0.431. The summed E-state index contributed by atoms with van der Waals surface area (Å²) in [7, 11) is 0. The molecule has 0 aliphatic rings. The van der Waals surface area contributed by atoms with Crippen molar-refractivity contribution in [2.75, 3.05) is 5.73 Å². The molecular formula is C6H4ClN3OS. The van der Waals surface area contributed by atoms with Gasteiger partial charge in [-0.1, -0.05) is 16.8 Å². The minimum Gasteiger partial charge on any atom is -0.375 e. The van der Waals surface area contributed by atoms with Gasteiger partial charge >= 0.3 is 0 Å². The highest BCUT2D eigenvalue weighted by Gasteiger charge is 2.07. The Balaban J connectivity index is 2.43. The first-order valence-electron chi connectivity index (χ1n) is 3.09. The summed E-state index contributed by atoms with van der Waals surface area (Å²) in [6.45, 7) is 0. The van der Waals surface area contributed by atoms with Crippen LogP contribution in [0.2, 0.25) is 5.15 Å². The molecule has 0 fully saturated rings. The maximum atomic E-state index is 5.56. The maximum absolute atomic E-state index is 5.56. The normalized spacial score (nSPS) is 10.4. The van der Waals surface area contributed by atoms with E-state index in [4.69, 9.17) is 21.9 Å². The van der Waals surface area contributed by atoms with Gasteiger partial charge in [-0.25, -0.2) is 4.98 Å². The summed E-state index contributed by atoms with van der Waals surface area (Å²) in [5.41, 5.74) is 6.10. The van der Waals surface area contributed by atoms with Gasteiger partial charge < -0.3 is 10.3 Å². The van der Waals surface area contributed by atoms with E-state index >= 15 is 0 Å². The maximum Gasteiger partial charge on any atom is 0.187 e. The number of thiazole rings is 1. The zero-order valence-corrected chi connectivity index (χ0v) is 7.39. The molecule has 0 unspecified atom stereocenters. The Labute approximate surface area is 77.0 Å². The summed E-state index contributed by atoms with van der Waals surface area (Å²) in [5, 5.41) is 6.11. The minimum absolute atomic E-state index is 0.316. The molecular weight excluding hydrogens is 198 g/mol. The van der Waals surface area contributed by atoms with Gasteiger partial charge in [0.05, 0.1) is 0 Å². The predicted octanol–water partition coefficient (Wildman–Crippen LogP) is 2.03. The van der Waals surface area contributed by atoms with Crippen molar-refractivity contribution in [1.82, 2.24) is 10.1 Å². The van der Waals surface area contributed by atoms with Crippen molar-refractivity contribution in [1.29, 1.82) is 0 Å².